The van der Waals surface area contributed by atoms with Crippen LogP contribution in [0.1, 0.15) is 23.2 Å². The first-order valence-electron chi connectivity index (χ1n) is 8.61. The van der Waals surface area contributed by atoms with Crippen molar-refractivity contribution in [3.8, 4) is 0 Å². The zero-order chi connectivity index (χ0) is 20.1. The van der Waals surface area contributed by atoms with E-state index in [9.17, 15) is 23.2 Å². The average molecular weight is 388 g/mol. The Morgan fingerprint density at radius 3 is 2.21 bits per heavy atom. The fourth-order valence-corrected chi connectivity index (χ4v) is 2.33. The Morgan fingerprint density at radius 1 is 0.893 bits per heavy atom. The maximum atomic E-state index is 13.1. The van der Waals surface area contributed by atoms with Gasteiger partial charge in [-0.3, -0.25) is 9.59 Å². The van der Waals surface area contributed by atoms with Gasteiger partial charge in [-0.2, -0.15) is 0 Å². The van der Waals surface area contributed by atoms with Crippen LogP contribution in [0, 0.1) is 11.6 Å². The molecule has 0 radical (unpaired) electrons. The number of amides is 4. The summed E-state index contributed by atoms with van der Waals surface area (Å²) >= 11 is 0. The molecule has 0 saturated heterocycles. The minimum atomic E-state index is -1.08. The number of benzene rings is 2. The Morgan fingerprint density at radius 2 is 1.57 bits per heavy atom. The molecule has 4 amide bonds. The molecular formula is C19H18F2N4O3. The lowest BCUT2D eigenvalue weighted by molar-refractivity contribution is -0.115. The van der Waals surface area contributed by atoms with Gasteiger partial charge in [-0.1, -0.05) is 0 Å². The third-order valence-electron chi connectivity index (χ3n) is 3.93. The molecule has 9 heteroatoms. The van der Waals surface area contributed by atoms with Crippen LogP contribution in [0.15, 0.2) is 42.5 Å². The van der Waals surface area contributed by atoms with Crippen LogP contribution < -0.4 is 21.3 Å². The van der Waals surface area contributed by atoms with Crippen molar-refractivity contribution in [2.45, 2.75) is 18.9 Å². The van der Waals surface area contributed by atoms with E-state index in [1.807, 2.05) is 0 Å². The molecule has 0 unspecified atom stereocenters. The second-order valence-corrected chi connectivity index (χ2v) is 6.31. The van der Waals surface area contributed by atoms with Crippen molar-refractivity contribution < 1.29 is 23.2 Å². The van der Waals surface area contributed by atoms with Crippen LogP contribution in [0.25, 0.3) is 0 Å². The van der Waals surface area contributed by atoms with Crippen molar-refractivity contribution in [3.05, 3.63) is 59.7 Å². The van der Waals surface area contributed by atoms with Crippen molar-refractivity contribution in [2.24, 2.45) is 0 Å². The van der Waals surface area contributed by atoms with Gasteiger partial charge in [0.05, 0.1) is 6.54 Å². The summed E-state index contributed by atoms with van der Waals surface area (Å²) in [4.78, 5) is 35.6. The van der Waals surface area contributed by atoms with Gasteiger partial charge in [0.1, 0.15) is 0 Å². The van der Waals surface area contributed by atoms with Gasteiger partial charge in [-0.25, -0.2) is 13.6 Å². The van der Waals surface area contributed by atoms with Gasteiger partial charge >= 0.3 is 6.03 Å². The predicted octanol–water partition coefficient (Wildman–Crippen LogP) is 2.62. The molecule has 2 aromatic rings. The van der Waals surface area contributed by atoms with E-state index in [-0.39, 0.29) is 24.3 Å². The second kappa shape index (κ2) is 8.47. The number of anilines is 2. The molecule has 2 aromatic carbocycles. The Kier molecular flexibility index (Phi) is 5.83. The zero-order valence-electron chi connectivity index (χ0n) is 14.7. The van der Waals surface area contributed by atoms with E-state index >= 15 is 0 Å². The predicted molar refractivity (Wildman–Crippen MR) is 98.9 cm³/mol. The van der Waals surface area contributed by atoms with Crippen LogP contribution in [0.4, 0.5) is 25.0 Å². The van der Waals surface area contributed by atoms with E-state index in [0.29, 0.717) is 11.3 Å². The van der Waals surface area contributed by atoms with Crippen molar-refractivity contribution in [1.82, 2.24) is 10.6 Å². The van der Waals surface area contributed by atoms with E-state index in [0.717, 1.165) is 25.0 Å². The highest BCUT2D eigenvalue weighted by Crippen LogP contribution is 2.19. The smallest absolute Gasteiger partial charge is 0.319 e. The Hall–Kier alpha value is -3.49. The number of rotatable bonds is 6. The third kappa shape index (κ3) is 5.50. The van der Waals surface area contributed by atoms with Gasteiger partial charge in [0, 0.05) is 29.0 Å². The molecule has 0 bridgehead atoms. The van der Waals surface area contributed by atoms with Crippen molar-refractivity contribution >= 4 is 29.2 Å². The highest BCUT2D eigenvalue weighted by molar-refractivity contribution is 5.99. The number of halogens is 2. The van der Waals surface area contributed by atoms with Crippen molar-refractivity contribution in [2.75, 3.05) is 17.2 Å². The zero-order valence-corrected chi connectivity index (χ0v) is 14.7. The maximum absolute atomic E-state index is 13.1. The van der Waals surface area contributed by atoms with Crippen LogP contribution in [-0.4, -0.2) is 30.4 Å². The van der Waals surface area contributed by atoms with Crippen LogP contribution in [0.2, 0.25) is 0 Å². The normalized spacial score (nSPS) is 12.8. The third-order valence-corrected chi connectivity index (χ3v) is 3.93. The summed E-state index contributed by atoms with van der Waals surface area (Å²) in [6, 6.07) is 9.06. The minimum Gasteiger partial charge on any atom is -0.343 e. The van der Waals surface area contributed by atoms with Crippen LogP contribution in [-0.2, 0) is 4.79 Å². The molecule has 3 rings (SSSR count). The number of carbonyl (C=O) groups is 3. The van der Waals surface area contributed by atoms with Gasteiger partial charge in [-0.15, -0.1) is 0 Å². The molecule has 146 valence electrons. The van der Waals surface area contributed by atoms with E-state index in [1.54, 1.807) is 12.1 Å². The molecule has 1 fully saturated rings. The summed E-state index contributed by atoms with van der Waals surface area (Å²) in [6.07, 6.45) is 1.96. The monoisotopic (exact) mass is 388 g/mol. The summed E-state index contributed by atoms with van der Waals surface area (Å²) in [6.45, 7) is -0.346. The average Bonchev–Trinajstić information content (AvgIpc) is 3.47. The fraction of sp³-hybridized carbons (Fsp3) is 0.211. The van der Waals surface area contributed by atoms with Gasteiger partial charge < -0.3 is 21.3 Å². The van der Waals surface area contributed by atoms with Gasteiger partial charge in [0.2, 0.25) is 5.91 Å². The summed E-state index contributed by atoms with van der Waals surface area (Å²) in [5.41, 5.74) is 0.914. The summed E-state index contributed by atoms with van der Waals surface area (Å²) in [5.74, 6) is -3.18. The minimum absolute atomic E-state index is 0.0815. The number of hydrogen-bond acceptors (Lipinski definition) is 3. The first-order chi connectivity index (χ1) is 13.4. The molecule has 4 N–H and O–H groups in total. The first-order valence-corrected chi connectivity index (χ1v) is 8.61. The standard InChI is InChI=1S/C19H18F2N4O3/c20-15-8-7-14(9-16(15)21)23-17(26)10-22-18(27)11-1-3-12(4-2-11)24-19(28)25-13-5-6-13/h1-4,7-9,13H,5-6,10H2,(H,22,27)(H,23,26)(H2,24,25,28). The SMILES string of the molecule is O=C(CNC(=O)c1ccc(NC(=O)NC2CC2)cc1)Nc1ccc(F)c(F)c1. The van der Waals surface area contributed by atoms with Crippen LogP contribution >= 0.6 is 0 Å². The molecule has 1 saturated carbocycles. The lowest BCUT2D eigenvalue weighted by atomic mass is 10.2. The lowest BCUT2D eigenvalue weighted by Crippen LogP contribution is -2.33. The molecule has 0 aromatic heterocycles. The number of urea groups is 1. The molecular weight excluding hydrogens is 370 g/mol. The van der Waals surface area contributed by atoms with Gasteiger partial charge in [0.15, 0.2) is 11.6 Å². The fourth-order valence-electron chi connectivity index (χ4n) is 2.33. The maximum Gasteiger partial charge on any atom is 0.319 e. The van der Waals surface area contributed by atoms with Crippen molar-refractivity contribution in [3.63, 3.8) is 0 Å². The number of hydrogen-bond donors (Lipinski definition) is 4. The first kappa shape index (κ1) is 19.3. The van der Waals surface area contributed by atoms with E-state index in [4.69, 9.17) is 0 Å². The molecule has 28 heavy (non-hydrogen) atoms. The highest BCUT2D eigenvalue weighted by Gasteiger charge is 2.23. The Bertz CT molecular complexity index is 899. The van der Waals surface area contributed by atoms with E-state index < -0.39 is 23.4 Å². The molecule has 0 atom stereocenters. The van der Waals surface area contributed by atoms with E-state index in [1.165, 1.54) is 18.2 Å². The summed E-state index contributed by atoms with van der Waals surface area (Å²) in [7, 11) is 0. The molecule has 0 spiro atoms. The number of carbonyl (C=O) groups excluding carboxylic acids is 3. The van der Waals surface area contributed by atoms with Crippen LogP contribution in [0.3, 0.4) is 0 Å². The van der Waals surface area contributed by atoms with Crippen molar-refractivity contribution in [1.29, 1.82) is 0 Å². The molecule has 0 aliphatic heterocycles. The molecule has 1 aliphatic carbocycles. The molecule has 0 heterocycles. The second-order valence-electron chi connectivity index (χ2n) is 6.31. The van der Waals surface area contributed by atoms with Gasteiger partial charge in [-0.05, 0) is 49.2 Å². The Balaban J connectivity index is 1.46. The van der Waals surface area contributed by atoms with E-state index in [2.05, 4.69) is 21.3 Å². The summed E-state index contributed by atoms with van der Waals surface area (Å²) in [5, 5.41) is 10.2. The number of nitrogens with one attached hydrogen (secondary N) is 4. The van der Waals surface area contributed by atoms with Gasteiger partial charge in [0.25, 0.3) is 5.91 Å². The van der Waals surface area contributed by atoms with Crippen LogP contribution in [0.5, 0.6) is 0 Å². The summed E-state index contributed by atoms with van der Waals surface area (Å²) < 4.78 is 26.0. The quantitative estimate of drug-likeness (QED) is 0.612. The lowest BCUT2D eigenvalue weighted by Gasteiger charge is -2.09. The highest BCUT2D eigenvalue weighted by atomic mass is 19.2. The topological polar surface area (TPSA) is 99.3 Å². The molecule has 1 aliphatic rings. The Labute approximate surface area is 159 Å². The molecule has 7 nitrogen and oxygen atoms in total. The largest absolute Gasteiger partial charge is 0.343 e.